The van der Waals surface area contributed by atoms with E-state index < -0.39 is 0 Å². The Morgan fingerprint density at radius 1 is 0.971 bits per heavy atom. The maximum absolute atomic E-state index is 6.56. The molecule has 0 bridgehead atoms. The molecule has 1 saturated carbocycles. The van der Waals surface area contributed by atoms with Crippen LogP contribution >= 0.6 is 0 Å². The molecule has 0 atom stereocenters. The van der Waals surface area contributed by atoms with Crippen LogP contribution in [0.4, 0.5) is 11.5 Å². The van der Waals surface area contributed by atoms with Crippen molar-refractivity contribution in [2.24, 2.45) is 0 Å². The summed E-state index contributed by atoms with van der Waals surface area (Å²) < 4.78 is 17.7. The third kappa shape index (κ3) is 4.37. The van der Waals surface area contributed by atoms with Gasteiger partial charge in [-0.05, 0) is 38.7 Å². The van der Waals surface area contributed by atoms with Gasteiger partial charge in [0.05, 0.1) is 43.7 Å². The lowest BCUT2D eigenvalue weighted by Gasteiger charge is -2.32. The second-order valence-electron chi connectivity index (χ2n) is 9.24. The highest BCUT2D eigenvalue weighted by atomic mass is 16.5. The summed E-state index contributed by atoms with van der Waals surface area (Å²) in [5.41, 5.74) is 4.93. The molecule has 34 heavy (non-hydrogen) atoms. The van der Waals surface area contributed by atoms with Gasteiger partial charge in [0.1, 0.15) is 22.9 Å². The Morgan fingerprint density at radius 3 is 2.65 bits per heavy atom. The summed E-state index contributed by atoms with van der Waals surface area (Å²) in [5.74, 6) is 2.55. The van der Waals surface area contributed by atoms with Gasteiger partial charge in [-0.15, -0.1) is 0 Å². The largest absolute Gasteiger partial charge is 0.488 e. The fourth-order valence-electron chi connectivity index (χ4n) is 5.11. The number of aryl methyl sites for hydroxylation is 1. The van der Waals surface area contributed by atoms with Gasteiger partial charge in [0.2, 0.25) is 0 Å². The first-order valence-electron chi connectivity index (χ1n) is 12.2. The third-order valence-electron chi connectivity index (χ3n) is 6.90. The summed E-state index contributed by atoms with van der Waals surface area (Å²) in [6.45, 7) is 6.34. The topological polar surface area (TPSA) is 94.5 Å². The van der Waals surface area contributed by atoms with Crippen LogP contribution in [0.1, 0.15) is 42.8 Å². The smallest absolute Gasteiger partial charge is 0.149 e. The molecule has 178 valence electrons. The molecule has 2 aromatic heterocycles. The van der Waals surface area contributed by atoms with Crippen LogP contribution in [0.3, 0.4) is 0 Å². The van der Waals surface area contributed by atoms with Crippen molar-refractivity contribution in [2.75, 3.05) is 36.5 Å². The lowest BCUT2D eigenvalue weighted by atomic mass is 9.92. The minimum absolute atomic E-state index is 0.157. The predicted molar refractivity (Wildman–Crippen MR) is 128 cm³/mol. The highest BCUT2D eigenvalue weighted by Crippen LogP contribution is 2.34. The molecule has 0 amide bonds. The predicted octanol–water partition coefficient (Wildman–Crippen LogP) is 3.40. The number of hydrogen-bond acceptors (Lipinski definition) is 9. The van der Waals surface area contributed by atoms with Crippen molar-refractivity contribution in [2.45, 2.75) is 58.0 Å². The quantitative estimate of drug-likeness (QED) is 0.612. The van der Waals surface area contributed by atoms with Gasteiger partial charge in [0.15, 0.2) is 0 Å². The number of ether oxygens (including phenoxy) is 3. The van der Waals surface area contributed by atoms with Gasteiger partial charge in [0.25, 0.3) is 0 Å². The van der Waals surface area contributed by atoms with Crippen LogP contribution < -0.4 is 15.0 Å². The van der Waals surface area contributed by atoms with Crippen molar-refractivity contribution >= 4 is 22.5 Å². The number of rotatable bonds is 5. The molecular formula is C25H30N6O3. The molecule has 1 aromatic carbocycles. The summed E-state index contributed by atoms with van der Waals surface area (Å²) in [6.07, 6.45) is 7.63. The van der Waals surface area contributed by atoms with Crippen molar-refractivity contribution in [3.05, 3.63) is 41.6 Å². The monoisotopic (exact) mass is 462 g/mol. The molecule has 3 aromatic rings. The number of nitrogens with one attached hydrogen (secondary N) is 1. The third-order valence-corrected chi connectivity index (χ3v) is 6.90. The van der Waals surface area contributed by atoms with Gasteiger partial charge in [-0.25, -0.2) is 15.0 Å². The average molecular weight is 463 g/mol. The fraction of sp³-hybridized carbons (Fsp3) is 0.520. The molecule has 1 N–H and O–H groups in total. The minimum atomic E-state index is 0.157. The Hall–Kier alpha value is -3.04. The van der Waals surface area contributed by atoms with Gasteiger partial charge in [-0.2, -0.15) is 0 Å². The summed E-state index contributed by atoms with van der Waals surface area (Å²) in [4.78, 5) is 20.6. The Balaban J connectivity index is 1.15. The number of morpholine rings is 1. The standard InChI is InChI=1S/C25H30N6O3/c1-16-28-22-15-33-14-20(22)25(29-16)30-17-2-4-19(5-3-17)34-23-13-18(31-8-10-32-11-9-31)12-21-24(23)27-7-6-26-21/h6-7,12-13,17,19H,2-5,8-11,14-15H2,1H3,(H,28,29,30). The van der Waals surface area contributed by atoms with Crippen LogP contribution in [0, 0.1) is 6.92 Å². The summed E-state index contributed by atoms with van der Waals surface area (Å²) in [5, 5.41) is 3.66. The number of aromatic nitrogens is 4. The number of fused-ring (bicyclic) bond motifs is 2. The van der Waals surface area contributed by atoms with Crippen LogP contribution in [-0.2, 0) is 22.7 Å². The van der Waals surface area contributed by atoms with Crippen LogP contribution in [0.25, 0.3) is 11.0 Å². The first kappa shape index (κ1) is 21.5. The molecule has 4 heterocycles. The van der Waals surface area contributed by atoms with E-state index in [-0.39, 0.29) is 6.10 Å². The lowest BCUT2D eigenvalue weighted by molar-refractivity contribution is 0.122. The van der Waals surface area contributed by atoms with E-state index in [0.717, 1.165) is 97.4 Å². The molecule has 0 radical (unpaired) electrons. The Kier molecular flexibility index (Phi) is 5.88. The Labute approximate surface area is 198 Å². The first-order chi connectivity index (χ1) is 16.7. The molecule has 2 fully saturated rings. The van der Waals surface area contributed by atoms with E-state index >= 15 is 0 Å². The SMILES string of the molecule is Cc1nc2c(c(NC3CCC(Oc4cc(N5CCOCC5)cc5nccnc45)CC3)n1)COC2. The molecule has 0 unspecified atom stereocenters. The van der Waals surface area contributed by atoms with Gasteiger partial charge in [-0.3, -0.25) is 4.98 Å². The molecule has 6 rings (SSSR count). The summed E-state index contributed by atoms with van der Waals surface area (Å²) >= 11 is 0. The highest BCUT2D eigenvalue weighted by Gasteiger charge is 2.26. The lowest BCUT2D eigenvalue weighted by Crippen LogP contribution is -2.36. The molecule has 1 saturated heterocycles. The molecule has 2 aliphatic heterocycles. The van der Waals surface area contributed by atoms with E-state index in [2.05, 4.69) is 42.3 Å². The van der Waals surface area contributed by atoms with Gasteiger partial charge >= 0.3 is 0 Å². The summed E-state index contributed by atoms with van der Waals surface area (Å²) in [7, 11) is 0. The van der Waals surface area contributed by atoms with E-state index in [1.54, 1.807) is 12.4 Å². The fourth-order valence-corrected chi connectivity index (χ4v) is 5.11. The number of hydrogen-bond donors (Lipinski definition) is 1. The normalized spacial score (nSPS) is 22.6. The molecule has 3 aliphatic rings. The van der Waals surface area contributed by atoms with E-state index in [0.29, 0.717) is 19.3 Å². The number of anilines is 2. The van der Waals surface area contributed by atoms with E-state index in [4.69, 9.17) is 14.2 Å². The van der Waals surface area contributed by atoms with Gasteiger partial charge < -0.3 is 24.4 Å². The zero-order chi connectivity index (χ0) is 22.9. The molecule has 1 aliphatic carbocycles. The maximum atomic E-state index is 6.56. The van der Waals surface area contributed by atoms with Crippen LogP contribution in [-0.4, -0.2) is 58.4 Å². The zero-order valence-corrected chi connectivity index (χ0v) is 19.5. The second-order valence-corrected chi connectivity index (χ2v) is 9.24. The average Bonchev–Trinajstić information content (AvgIpc) is 3.34. The molecule has 9 heteroatoms. The van der Waals surface area contributed by atoms with E-state index in [1.165, 1.54) is 0 Å². The first-order valence-corrected chi connectivity index (χ1v) is 12.2. The molecular weight excluding hydrogens is 432 g/mol. The van der Waals surface area contributed by atoms with Crippen LogP contribution in [0.2, 0.25) is 0 Å². The Morgan fingerprint density at radius 2 is 1.79 bits per heavy atom. The van der Waals surface area contributed by atoms with E-state index in [1.807, 2.05) is 6.92 Å². The minimum Gasteiger partial charge on any atom is -0.488 e. The number of nitrogens with zero attached hydrogens (tertiary/aromatic N) is 5. The van der Waals surface area contributed by atoms with Crippen LogP contribution in [0.15, 0.2) is 24.5 Å². The van der Waals surface area contributed by atoms with Crippen molar-refractivity contribution < 1.29 is 14.2 Å². The second kappa shape index (κ2) is 9.31. The summed E-state index contributed by atoms with van der Waals surface area (Å²) in [6, 6.07) is 4.60. The van der Waals surface area contributed by atoms with Crippen LogP contribution in [0.5, 0.6) is 5.75 Å². The zero-order valence-electron chi connectivity index (χ0n) is 19.5. The van der Waals surface area contributed by atoms with Crippen molar-refractivity contribution in [1.29, 1.82) is 0 Å². The number of benzene rings is 1. The molecule has 0 spiro atoms. The van der Waals surface area contributed by atoms with Crippen molar-refractivity contribution in [3.63, 3.8) is 0 Å². The van der Waals surface area contributed by atoms with Gasteiger partial charge in [-0.1, -0.05) is 0 Å². The highest BCUT2D eigenvalue weighted by molar-refractivity contribution is 5.85. The van der Waals surface area contributed by atoms with E-state index in [9.17, 15) is 0 Å². The molecule has 9 nitrogen and oxygen atoms in total. The maximum Gasteiger partial charge on any atom is 0.149 e. The van der Waals surface area contributed by atoms with Crippen molar-refractivity contribution in [1.82, 2.24) is 19.9 Å². The Bertz CT molecular complexity index is 1170. The van der Waals surface area contributed by atoms with Gasteiger partial charge in [0, 0.05) is 48.8 Å². The van der Waals surface area contributed by atoms with Crippen molar-refractivity contribution in [3.8, 4) is 5.75 Å².